The molecule has 0 aliphatic rings. The van der Waals surface area contributed by atoms with E-state index in [0.717, 1.165) is 36.1 Å². The quantitative estimate of drug-likeness (QED) is 0.491. The van der Waals surface area contributed by atoms with E-state index in [9.17, 15) is 4.79 Å². The molecule has 0 saturated carbocycles. The fourth-order valence-electron chi connectivity index (χ4n) is 1.43. The van der Waals surface area contributed by atoms with Gasteiger partial charge in [0.1, 0.15) is 5.69 Å². The van der Waals surface area contributed by atoms with Gasteiger partial charge in [0.25, 0.3) is 5.91 Å². The lowest BCUT2D eigenvalue weighted by molar-refractivity contribution is 0.0943. The summed E-state index contributed by atoms with van der Waals surface area (Å²) in [5, 5.41) is 7.26. The Balaban J connectivity index is 2.69. The third-order valence-corrected chi connectivity index (χ3v) is 3.08. The summed E-state index contributed by atoms with van der Waals surface area (Å²) in [5.74, 6) is -0.0149. The number of rotatable bonds is 6. The van der Waals surface area contributed by atoms with Crippen LogP contribution in [0, 0.1) is 0 Å². The van der Waals surface area contributed by atoms with Crippen LogP contribution in [-0.4, -0.2) is 26.7 Å². The molecule has 1 heterocycles. The van der Waals surface area contributed by atoms with Crippen LogP contribution in [0.25, 0.3) is 0 Å². The summed E-state index contributed by atoms with van der Waals surface area (Å²) in [6, 6.07) is 1.88. The van der Waals surface area contributed by atoms with Gasteiger partial charge in [-0.05, 0) is 25.8 Å². The lowest BCUT2D eigenvalue weighted by Gasteiger charge is -2.05. The summed E-state index contributed by atoms with van der Waals surface area (Å²) in [6.45, 7) is 5.50. The standard InChI is InChI=1S/C11H18IN3O/c1-3-9-8-10(15(4-2)14-9)11(16)13-7-5-6-12/h8H,3-7H2,1-2H3,(H,13,16). The van der Waals surface area contributed by atoms with Crippen LogP contribution in [-0.2, 0) is 13.0 Å². The molecule has 0 aliphatic heterocycles. The van der Waals surface area contributed by atoms with Gasteiger partial charge < -0.3 is 5.32 Å². The fourth-order valence-corrected chi connectivity index (χ4v) is 1.81. The highest BCUT2D eigenvalue weighted by molar-refractivity contribution is 14.1. The molecule has 0 aromatic carbocycles. The molecule has 16 heavy (non-hydrogen) atoms. The molecule has 1 amide bonds. The molecular weight excluding hydrogens is 317 g/mol. The number of alkyl halides is 1. The van der Waals surface area contributed by atoms with Crippen molar-refractivity contribution < 1.29 is 4.79 Å². The van der Waals surface area contributed by atoms with Gasteiger partial charge in [-0.1, -0.05) is 29.5 Å². The lowest BCUT2D eigenvalue weighted by atomic mass is 10.3. The number of nitrogens with one attached hydrogen (secondary N) is 1. The highest BCUT2D eigenvalue weighted by atomic mass is 127. The highest BCUT2D eigenvalue weighted by Gasteiger charge is 2.12. The van der Waals surface area contributed by atoms with E-state index in [0.29, 0.717) is 5.69 Å². The van der Waals surface area contributed by atoms with Gasteiger partial charge >= 0.3 is 0 Å². The van der Waals surface area contributed by atoms with E-state index in [1.807, 2.05) is 19.9 Å². The van der Waals surface area contributed by atoms with E-state index in [1.165, 1.54) is 0 Å². The Morgan fingerprint density at radius 2 is 2.31 bits per heavy atom. The maximum atomic E-state index is 11.9. The van der Waals surface area contributed by atoms with E-state index < -0.39 is 0 Å². The molecule has 0 saturated heterocycles. The van der Waals surface area contributed by atoms with Gasteiger partial charge in [0.15, 0.2) is 0 Å². The van der Waals surface area contributed by atoms with Crippen molar-refractivity contribution >= 4 is 28.5 Å². The minimum absolute atomic E-state index is 0.0149. The van der Waals surface area contributed by atoms with Crippen molar-refractivity contribution in [3.63, 3.8) is 0 Å². The highest BCUT2D eigenvalue weighted by Crippen LogP contribution is 2.05. The van der Waals surface area contributed by atoms with Gasteiger partial charge in [-0.15, -0.1) is 0 Å². The number of hydrogen-bond acceptors (Lipinski definition) is 2. The molecule has 4 nitrogen and oxygen atoms in total. The molecular formula is C11H18IN3O. The van der Waals surface area contributed by atoms with Crippen molar-refractivity contribution in [1.29, 1.82) is 0 Å². The smallest absolute Gasteiger partial charge is 0.269 e. The predicted molar refractivity (Wildman–Crippen MR) is 73.1 cm³/mol. The minimum Gasteiger partial charge on any atom is -0.351 e. The van der Waals surface area contributed by atoms with Crippen LogP contribution in [0.1, 0.15) is 36.5 Å². The Morgan fingerprint density at radius 3 is 2.88 bits per heavy atom. The molecule has 0 bridgehead atoms. The minimum atomic E-state index is -0.0149. The molecule has 0 fully saturated rings. The Morgan fingerprint density at radius 1 is 1.56 bits per heavy atom. The monoisotopic (exact) mass is 335 g/mol. The maximum Gasteiger partial charge on any atom is 0.269 e. The Labute approximate surface area is 110 Å². The second-order valence-electron chi connectivity index (χ2n) is 3.49. The largest absolute Gasteiger partial charge is 0.351 e. The maximum absolute atomic E-state index is 11.9. The Hall–Kier alpha value is -0.590. The summed E-state index contributed by atoms with van der Waals surface area (Å²) in [7, 11) is 0. The van der Waals surface area contributed by atoms with Crippen molar-refractivity contribution in [3.05, 3.63) is 17.5 Å². The second-order valence-corrected chi connectivity index (χ2v) is 4.57. The van der Waals surface area contributed by atoms with E-state index in [4.69, 9.17) is 0 Å². The molecule has 1 N–H and O–H groups in total. The summed E-state index contributed by atoms with van der Waals surface area (Å²) >= 11 is 2.30. The average molecular weight is 335 g/mol. The number of carbonyl (C=O) groups excluding carboxylic acids is 1. The predicted octanol–water partition coefficient (Wildman–Crippen LogP) is 2.02. The van der Waals surface area contributed by atoms with Crippen molar-refractivity contribution in [2.75, 3.05) is 11.0 Å². The van der Waals surface area contributed by atoms with E-state index >= 15 is 0 Å². The van der Waals surface area contributed by atoms with Crippen LogP contribution < -0.4 is 5.32 Å². The van der Waals surface area contributed by atoms with E-state index in [1.54, 1.807) is 4.68 Å². The molecule has 5 heteroatoms. The van der Waals surface area contributed by atoms with Crippen LogP contribution >= 0.6 is 22.6 Å². The van der Waals surface area contributed by atoms with Crippen LogP contribution in [0.3, 0.4) is 0 Å². The summed E-state index contributed by atoms with van der Waals surface area (Å²) in [6.07, 6.45) is 1.87. The average Bonchev–Trinajstić information content (AvgIpc) is 2.72. The van der Waals surface area contributed by atoms with Gasteiger partial charge in [0.2, 0.25) is 0 Å². The number of aryl methyl sites for hydroxylation is 2. The zero-order valence-electron chi connectivity index (χ0n) is 9.79. The van der Waals surface area contributed by atoms with Crippen LogP contribution in [0.15, 0.2) is 6.07 Å². The third-order valence-electron chi connectivity index (χ3n) is 2.32. The van der Waals surface area contributed by atoms with Crippen molar-refractivity contribution in [1.82, 2.24) is 15.1 Å². The van der Waals surface area contributed by atoms with Gasteiger partial charge in [0.05, 0.1) is 5.69 Å². The summed E-state index contributed by atoms with van der Waals surface area (Å²) in [4.78, 5) is 11.9. The summed E-state index contributed by atoms with van der Waals surface area (Å²) < 4.78 is 2.82. The first-order chi connectivity index (χ1) is 7.72. The topological polar surface area (TPSA) is 46.9 Å². The number of aromatic nitrogens is 2. The molecule has 0 spiro atoms. The van der Waals surface area contributed by atoms with Crippen molar-refractivity contribution in [2.45, 2.75) is 33.2 Å². The Kier molecular flexibility index (Phi) is 5.79. The van der Waals surface area contributed by atoms with Crippen LogP contribution in [0.5, 0.6) is 0 Å². The number of hydrogen-bond donors (Lipinski definition) is 1. The first kappa shape index (κ1) is 13.5. The van der Waals surface area contributed by atoms with Crippen molar-refractivity contribution in [2.24, 2.45) is 0 Å². The van der Waals surface area contributed by atoms with Crippen LogP contribution in [0.4, 0.5) is 0 Å². The molecule has 1 aromatic heterocycles. The summed E-state index contributed by atoms with van der Waals surface area (Å²) in [5.41, 5.74) is 1.65. The zero-order valence-corrected chi connectivity index (χ0v) is 12.0. The van der Waals surface area contributed by atoms with Gasteiger partial charge in [-0.2, -0.15) is 5.10 Å². The SMILES string of the molecule is CCc1cc(C(=O)NCCCI)n(CC)n1. The molecule has 0 radical (unpaired) electrons. The third kappa shape index (κ3) is 3.47. The normalized spacial score (nSPS) is 10.4. The van der Waals surface area contributed by atoms with Crippen LogP contribution in [0.2, 0.25) is 0 Å². The number of carbonyl (C=O) groups is 1. The zero-order chi connectivity index (χ0) is 12.0. The van der Waals surface area contributed by atoms with Gasteiger partial charge in [-0.25, -0.2) is 0 Å². The molecule has 0 aliphatic carbocycles. The van der Waals surface area contributed by atoms with Crippen molar-refractivity contribution in [3.8, 4) is 0 Å². The van der Waals surface area contributed by atoms with E-state index in [2.05, 4.69) is 33.0 Å². The molecule has 0 atom stereocenters. The van der Waals surface area contributed by atoms with E-state index in [-0.39, 0.29) is 5.91 Å². The molecule has 1 rings (SSSR count). The molecule has 0 unspecified atom stereocenters. The first-order valence-electron chi connectivity index (χ1n) is 5.63. The Bertz CT molecular complexity index is 349. The molecule has 90 valence electrons. The molecule has 1 aromatic rings. The number of halogens is 1. The second kappa shape index (κ2) is 6.88. The van der Waals surface area contributed by atoms with Gasteiger partial charge in [-0.3, -0.25) is 9.48 Å². The lowest BCUT2D eigenvalue weighted by Crippen LogP contribution is -2.27. The first-order valence-corrected chi connectivity index (χ1v) is 7.16. The number of nitrogens with zero attached hydrogens (tertiary/aromatic N) is 2. The number of amides is 1. The fraction of sp³-hybridized carbons (Fsp3) is 0.636. The van der Waals surface area contributed by atoms with Gasteiger partial charge in [0, 0.05) is 17.5 Å².